The fourth-order valence-electron chi connectivity index (χ4n) is 2.96. The van der Waals surface area contributed by atoms with Gasteiger partial charge in [-0.05, 0) is 51.4 Å². The van der Waals surface area contributed by atoms with E-state index in [9.17, 15) is 0 Å². The Balaban J connectivity index is 1.63. The number of hydrogen-bond donors (Lipinski definition) is 1. The summed E-state index contributed by atoms with van der Waals surface area (Å²) in [6.07, 6.45) is 5.45. The summed E-state index contributed by atoms with van der Waals surface area (Å²) in [6.45, 7) is 12.2. The van der Waals surface area contributed by atoms with E-state index in [0.717, 1.165) is 25.2 Å². The molecule has 1 heterocycles. The van der Waals surface area contributed by atoms with Gasteiger partial charge in [0.15, 0.2) is 0 Å². The van der Waals surface area contributed by atoms with E-state index in [0.29, 0.717) is 0 Å². The molecule has 3 nitrogen and oxygen atoms in total. The molecule has 0 aromatic carbocycles. The Morgan fingerprint density at radius 1 is 1.39 bits per heavy atom. The van der Waals surface area contributed by atoms with Gasteiger partial charge in [-0.25, -0.2) is 0 Å². The number of nitrogens with one attached hydrogen (secondary N) is 1. The fourth-order valence-corrected chi connectivity index (χ4v) is 2.96. The SMILES string of the molecule is C=C(CNC1CC1)CN(C)CC1CCCN1CC. The normalized spacial score (nSPS) is 24.9. The smallest absolute Gasteiger partial charge is 0.0223 e. The van der Waals surface area contributed by atoms with Gasteiger partial charge in [0.05, 0.1) is 0 Å². The van der Waals surface area contributed by atoms with E-state index in [1.165, 1.54) is 50.9 Å². The second kappa shape index (κ2) is 6.69. The minimum Gasteiger partial charge on any atom is -0.310 e. The van der Waals surface area contributed by atoms with Crippen molar-refractivity contribution in [3.8, 4) is 0 Å². The average Bonchev–Trinajstić information content (AvgIpc) is 3.06. The quantitative estimate of drug-likeness (QED) is 0.663. The second-order valence-electron chi connectivity index (χ2n) is 6.03. The molecule has 0 spiro atoms. The van der Waals surface area contributed by atoms with Crippen LogP contribution in [0.25, 0.3) is 0 Å². The Morgan fingerprint density at radius 3 is 2.83 bits per heavy atom. The molecule has 18 heavy (non-hydrogen) atoms. The van der Waals surface area contributed by atoms with Gasteiger partial charge in [0.25, 0.3) is 0 Å². The molecule has 2 fully saturated rings. The summed E-state index contributed by atoms with van der Waals surface area (Å²) in [4.78, 5) is 5.05. The van der Waals surface area contributed by atoms with Crippen molar-refractivity contribution < 1.29 is 0 Å². The Labute approximate surface area is 112 Å². The third kappa shape index (κ3) is 4.38. The zero-order chi connectivity index (χ0) is 13.0. The van der Waals surface area contributed by atoms with Crippen LogP contribution < -0.4 is 5.32 Å². The first-order chi connectivity index (χ1) is 8.69. The van der Waals surface area contributed by atoms with E-state index in [4.69, 9.17) is 0 Å². The maximum absolute atomic E-state index is 4.19. The summed E-state index contributed by atoms with van der Waals surface area (Å²) in [5.74, 6) is 0. The molecule has 1 N–H and O–H groups in total. The van der Waals surface area contributed by atoms with Crippen LogP contribution in [0.1, 0.15) is 32.6 Å². The van der Waals surface area contributed by atoms with Crippen LogP contribution in [0.5, 0.6) is 0 Å². The van der Waals surface area contributed by atoms with Crippen LogP contribution in [0.15, 0.2) is 12.2 Å². The van der Waals surface area contributed by atoms with Crippen molar-refractivity contribution in [3.63, 3.8) is 0 Å². The lowest BCUT2D eigenvalue weighted by Gasteiger charge is -2.28. The summed E-state index contributed by atoms with van der Waals surface area (Å²) in [5, 5.41) is 3.54. The minimum absolute atomic E-state index is 0.768. The van der Waals surface area contributed by atoms with Crippen molar-refractivity contribution in [3.05, 3.63) is 12.2 Å². The molecule has 0 amide bonds. The molecule has 0 bridgehead atoms. The topological polar surface area (TPSA) is 18.5 Å². The van der Waals surface area contributed by atoms with Crippen molar-refractivity contribution in [1.29, 1.82) is 0 Å². The van der Waals surface area contributed by atoms with Gasteiger partial charge in [-0.3, -0.25) is 4.90 Å². The van der Waals surface area contributed by atoms with E-state index in [-0.39, 0.29) is 0 Å². The summed E-state index contributed by atoms with van der Waals surface area (Å²) >= 11 is 0. The molecule has 1 saturated carbocycles. The second-order valence-corrected chi connectivity index (χ2v) is 6.03. The first-order valence-electron chi connectivity index (χ1n) is 7.51. The molecule has 104 valence electrons. The van der Waals surface area contributed by atoms with Gasteiger partial charge in [-0.1, -0.05) is 13.5 Å². The molecular formula is C15H29N3. The maximum Gasteiger partial charge on any atom is 0.0223 e. The molecule has 2 rings (SSSR count). The van der Waals surface area contributed by atoms with Gasteiger partial charge in [-0.2, -0.15) is 0 Å². The van der Waals surface area contributed by atoms with Crippen LogP contribution in [0.4, 0.5) is 0 Å². The largest absolute Gasteiger partial charge is 0.310 e. The zero-order valence-electron chi connectivity index (χ0n) is 12.1. The predicted molar refractivity (Wildman–Crippen MR) is 77.9 cm³/mol. The molecule has 3 heteroatoms. The molecule has 1 aliphatic carbocycles. The van der Waals surface area contributed by atoms with E-state index in [1.807, 2.05) is 0 Å². The predicted octanol–water partition coefficient (Wildman–Crippen LogP) is 1.71. The number of nitrogens with zero attached hydrogens (tertiary/aromatic N) is 2. The molecule has 1 aliphatic heterocycles. The number of likely N-dealkylation sites (tertiary alicyclic amines) is 1. The van der Waals surface area contributed by atoms with Crippen molar-refractivity contribution in [1.82, 2.24) is 15.1 Å². The van der Waals surface area contributed by atoms with E-state index in [1.54, 1.807) is 0 Å². The lowest BCUT2D eigenvalue weighted by molar-refractivity contribution is 0.205. The molecular weight excluding hydrogens is 222 g/mol. The third-order valence-electron chi connectivity index (χ3n) is 4.14. The Hall–Kier alpha value is -0.380. The summed E-state index contributed by atoms with van der Waals surface area (Å²) in [5.41, 5.74) is 1.32. The van der Waals surface area contributed by atoms with Crippen LogP contribution in [-0.2, 0) is 0 Å². The van der Waals surface area contributed by atoms with Crippen LogP contribution in [0.3, 0.4) is 0 Å². The monoisotopic (exact) mass is 251 g/mol. The van der Waals surface area contributed by atoms with E-state index in [2.05, 4.69) is 35.7 Å². The highest BCUT2D eigenvalue weighted by molar-refractivity contribution is 5.01. The van der Waals surface area contributed by atoms with E-state index < -0.39 is 0 Å². The van der Waals surface area contributed by atoms with Gasteiger partial charge in [0.2, 0.25) is 0 Å². The Kier molecular flexibility index (Phi) is 5.22. The minimum atomic E-state index is 0.768. The maximum atomic E-state index is 4.19. The molecule has 0 aromatic heterocycles. The lowest BCUT2D eigenvalue weighted by atomic mass is 10.2. The highest BCUT2D eigenvalue weighted by Gasteiger charge is 2.24. The van der Waals surface area contributed by atoms with Gasteiger partial charge < -0.3 is 10.2 Å². The van der Waals surface area contributed by atoms with E-state index >= 15 is 0 Å². The molecule has 1 atom stereocenters. The zero-order valence-corrected chi connectivity index (χ0v) is 12.1. The summed E-state index contributed by atoms with van der Waals surface area (Å²) in [6, 6.07) is 1.56. The molecule has 0 aromatic rings. The molecule has 2 aliphatic rings. The Morgan fingerprint density at radius 2 is 2.17 bits per heavy atom. The van der Waals surface area contributed by atoms with Crippen LogP contribution in [0, 0.1) is 0 Å². The van der Waals surface area contributed by atoms with Crippen LogP contribution >= 0.6 is 0 Å². The van der Waals surface area contributed by atoms with Gasteiger partial charge in [0.1, 0.15) is 0 Å². The van der Waals surface area contributed by atoms with Gasteiger partial charge in [0, 0.05) is 31.7 Å². The molecule has 1 unspecified atom stereocenters. The third-order valence-corrected chi connectivity index (χ3v) is 4.14. The lowest BCUT2D eigenvalue weighted by Crippen LogP contribution is -2.39. The van der Waals surface area contributed by atoms with Crippen LogP contribution in [0.2, 0.25) is 0 Å². The number of rotatable bonds is 8. The summed E-state index contributed by atoms with van der Waals surface area (Å²) in [7, 11) is 2.23. The first-order valence-corrected chi connectivity index (χ1v) is 7.51. The average molecular weight is 251 g/mol. The summed E-state index contributed by atoms with van der Waals surface area (Å²) < 4.78 is 0. The molecule has 0 radical (unpaired) electrons. The van der Waals surface area contributed by atoms with Crippen LogP contribution in [-0.4, -0.2) is 61.7 Å². The van der Waals surface area contributed by atoms with Crippen molar-refractivity contribution in [2.75, 3.05) is 39.8 Å². The fraction of sp³-hybridized carbons (Fsp3) is 0.867. The Bertz CT molecular complexity index is 273. The molecule has 1 saturated heterocycles. The number of likely N-dealkylation sites (N-methyl/N-ethyl adjacent to an activating group) is 2. The van der Waals surface area contributed by atoms with Crippen molar-refractivity contribution in [2.24, 2.45) is 0 Å². The first kappa shape index (κ1) is 14.0. The number of hydrogen-bond acceptors (Lipinski definition) is 3. The highest BCUT2D eigenvalue weighted by atomic mass is 15.2. The van der Waals surface area contributed by atoms with Crippen molar-refractivity contribution in [2.45, 2.75) is 44.7 Å². The standard InChI is InChI=1S/C15H29N3/c1-4-18-9-5-6-15(18)12-17(3)11-13(2)10-16-14-7-8-14/h14-16H,2,4-12H2,1,3H3. The highest BCUT2D eigenvalue weighted by Crippen LogP contribution is 2.19. The van der Waals surface area contributed by atoms with Gasteiger partial charge >= 0.3 is 0 Å². The van der Waals surface area contributed by atoms with Gasteiger partial charge in [-0.15, -0.1) is 0 Å². The van der Waals surface area contributed by atoms with Crippen molar-refractivity contribution >= 4 is 0 Å².